The monoisotopic (exact) mass is 561 g/mol. The van der Waals surface area contributed by atoms with Crippen LogP contribution in [0.5, 0.6) is 0 Å². The van der Waals surface area contributed by atoms with E-state index in [1.54, 1.807) is 17.0 Å². The van der Waals surface area contributed by atoms with Gasteiger partial charge in [0, 0.05) is 31.7 Å². The maximum atomic E-state index is 13.0. The quantitative estimate of drug-likeness (QED) is 0.485. The number of piperidine rings is 1. The molecule has 1 atom stereocenters. The predicted octanol–water partition coefficient (Wildman–Crippen LogP) is 2.70. The summed E-state index contributed by atoms with van der Waals surface area (Å²) in [6.45, 7) is 6.46. The summed E-state index contributed by atoms with van der Waals surface area (Å²) in [5.41, 5.74) is 2.88. The Kier molecular flexibility index (Phi) is 7.24. The number of carbonyl (C=O) groups is 6. The molecule has 1 fully saturated rings. The van der Waals surface area contributed by atoms with Crippen molar-refractivity contribution in [1.82, 2.24) is 20.4 Å². The molecule has 0 saturated carbocycles. The van der Waals surface area contributed by atoms with Crippen LogP contribution in [0.3, 0.4) is 0 Å². The van der Waals surface area contributed by atoms with Crippen molar-refractivity contribution >= 4 is 41.4 Å². The topological polar surface area (TPSA) is 154 Å². The molecule has 12 heteroatoms. The Balaban J connectivity index is 1.19. The van der Waals surface area contributed by atoms with E-state index in [-0.39, 0.29) is 36.6 Å². The number of urea groups is 1. The molecular weight excluding hydrogens is 530 g/mol. The normalized spacial score (nSPS) is 18.5. The molecule has 0 radical (unpaired) electrons. The molecule has 2 aromatic rings. The van der Waals surface area contributed by atoms with Gasteiger partial charge in [0.2, 0.25) is 11.8 Å². The summed E-state index contributed by atoms with van der Waals surface area (Å²) in [6.07, 6.45) is 0.419. The van der Waals surface area contributed by atoms with E-state index < -0.39 is 41.3 Å². The first-order chi connectivity index (χ1) is 19.4. The Morgan fingerprint density at radius 2 is 1.73 bits per heavy atom. The fourth-order valence-electron chi connectivity index (χ4n) is 5.10. The van der Waals surface area contributed by atoms with Crippen molar-refractivity contribution in [3.05, 3.63) is 64.2 Å². The molecule has 41 heavy (non-hydrogen) atoms. The van der Waals surface area contributed by atoms with Gasteiger partial charge in [0.15, 0.2) is 0 Å². The highest BCUT2D eigenvalue weighted by Crippen LogP contribution is 2.28. The number of rotatable bonds is 4. The number of benzene rings is 2. The summed E-state index contributed by atoms with van der Waals surface area (Å²) < 4.78 is 5.48. The SMILES string of the molecule is CC(C)(C)OC(=O)N1CCc2ccc(NC(=O)NCc3ccc4c(c3)C(=O)N(C3CCC(=O)NC3=O)C4=O)cc2C1. The van der Waals surface area contributed by atoms with Crippen LogP contribution in [-0.4, -0.2) is 63.7 Å². The number of ether oxygens (including phenoxy) is 1. The largest absolute Gasteiger partial charge is 0.444 e. The Morgan fingerprint density at radius 3 is 2.46 bits per heavy atom. The van der Waals surface area contributed by atoms with Crippen molar-refractivity contribution in [2.75, 3.05) is 11.9 Å². The van der Waals surface area contributed by atoms with Gasteiger partial charge in [-0.05, 0) is 74.6 Å². The van der Waals surface area contributed by atoms with E-state index in [0.717, 1.165) is 16.0 Å². The van der Waals surface area contributed by atoms with E-state index in [4.69, 9.17) is 4.74 Å². The minimum Gasteiger partial charge on any atom is -0.444 e. The highest BCUT2D eigenvalue weighted by Gasteiger charge is 2.44. The zero-order valence-electron chi connectivity index (χ0n) is 23.0. The lowest BCUT2D eigenvalue weighted by molar-refractivity contribution is -0.136. The Bertz CT molecular complexity index is 1480. The van der Waals surface area contributed by atoms with E-state index >= 15 is 0 Å². The molecule has 2 aromatic carbocycles. The molecule has 3 aliphatic rings. The van der Waals surface area contributed by atoms with Crippen LogP contribution in [0, 0.1) is 0 Å². The van der Waals surface area contributed by atoms with Gasteiger partial charge in [0.05, 0.1) is 11.1 Å². The van der Waals surface area contributed by atoms with E-state index in [1.165, 1.54) is 12.1 Å². The molecular formula is C29H31N5O7. The number of carbonyl (C=O) groups excluding carboxylic acids is 6. The first-order valence-corrected chi connectivity index (χ1v) is 13.4. The third kappa shape index (κ3) is 5.91. The van der Waals surface area contributed by atoms with E-state index in [1.807, 2.05) is 32.9 Å². The third-order valence-electron chi connectivity index (χ3n) is 7.09. The Labute approximate surface area is 236 Å². The van der Waals surface area contributed by atoms with Crippen LogP contribution in [0.15, 0.2) is 36.4 Å². The van der Waals surface area contributed by atoms with Crippen molar-refractivity contribution in [3.63, 3.8) is 0 Å². The van der Waals surface area contributed by atoms with E-state index in [2.05, 4.69) is 16.0 Å². The average Bonchev–Trinajstić information content (AvgIpc) is 3.15. The number of imide groups is 2. The number of fused-ring (bicyclic) bond motifs is 2. The summed E-state index contributed by atoms with van der Waals surface area (Å²) >= 11 is 0. The van der Waals surface area contributed by atoms with Gasteiger partial charge in [-0.3, -0.25) is 29.4 Å². The van der Waals surface area contributed by atoms with Crippen LogP contribution < -0.4 is 16.0 Å². The van der Waals surface area contributed by atoms with Crippen molar-refractivity contribution in [2.45, 2.75) is 64.8 Å². The molecule has 0 bridgehead atoms. The van der Waals surface area contributed by atoms with E-state index in [0.29, 0.717) is 30.8 Å². The number of hydrogen-bond donors (Lipinski definition) is 3. The molecule has 7 amide bonds. The fraction of sp³-hybridized carbons (Fsp3) is 0.379. The zero-order valence-corrected chi connectivity index (χ0v) is 23.0. The molecule has 0 aliphatic carbocycles. The summed E-state index contributed by atoms with van der Waals surface area (Å²) in [7, 11) is 0. The number of nitrogens with one attached hydrogen (secondary N) is 3. The lowest BCUT2D eigenvalue weighted by atomic mass is 9.99. The van der Waals surface area contributed by atoms with Crippen molar-refractivity contribution in [2.24, 2.45) is 0 Å². The van der Waals surface area contributed by atoms with Crippen LogP contribution in [0.2, 0.25) is 0 Å². The van der Waals surface area contributed by atoms with Crippen LogP contribution in [0.25, 0.3) is 0 Å². The number of anilines is 1. The van der Waals surface area contributed by atoms with Gasteiger partial charge < -0.3 is 20.3 Å². The molecule has 3 heterocycles. The summed E-state index contributed by atoms with van der Waals surface area (Å²) in [5.74, 6) is -2.31. The highest BCUT2D eigenvalue weighted by molar-refractivity contribution is 6.23. The van der Waals surface area contributed by atoms with Crippen LogP contribution in [-0.2, 0) is 33.8 Å². The Hall–Kier alpha value is -4.74. The lowest BCUT2D eigenvalue weighted by Crippen LogP contribution is -2.54. The first-order valence-electron chi connectivity index (χ1n) is 13.4. The number of amides is 7. The van der Waals surface area contributed by atoms with E-state index in [9.17, 15) is 28.8 Å². The van der Waals surface area contributed by atoms with Gasteiger partial charge in [-0.2, -0.15) is 0 Å². The molecule has 5 rings (SSSR count). The van der Waals surface area contributed by atoms with Gasteiger partial charge in [-0.1, -0.05) is 12.1 Å². The molecule has 3 aliphatic heterocycles. The second kappa shape index (κ2) is 10.7. The van der Waals surface area contributed by atoms with Gasteiger partial charge >= 0.3 is 12.1 Å². The van der Waals surface area contributed by atoms with Gasteiger partial charge in [0.25, 0.3) is 11.8 Å². The third-order valence-corrected chi connectivity index (χ3v) is 7.09. The highest BCUT2D eigenvalue weighted by atomic mass is 16.6. The van der Waals surface area contributed by atoms with Crippen molar-refractivity contribution in [3.8, 4) is 0 Å². The zero-order chi connectivity index (χ0) is 29.5. The maximum Gasteiger partial charge on any atom is 0.410 e. The van der Waals surface area contributed by atoms with Gasteiger partial charge in [-0.15, -0.1) is 0 Å². The average molecular weight is 562 g/mol. The summed E-state index contributed by atoms with van der Waals surface area (Å²) in [4.78, 5) is 77.3. The Morgan fingerprint density at radius 1 is 0.976 bits per heavy atom. The van der Waals surface area contributed by atoms with Crippen LogP contribution >= 0.6 is 0 Å². The summed E-state index contributed by atoms with van der Waals surface area (Å²) in [5, 5.41) is 7.69. The van der Waals surface area contributed by atoms with Gasteiger partial charge in [0.1, 0.15) is 11.6 Å². The molecule has 214 valence electrons. The predicted molar refractivity (Wildman–Crippen MR) is 146 cm³/mol. The standard InChI is InChI=1S/C29H31N5O7/c1-29(2,3)41-28(40)33-11-10-17-5-6-19(13-18(17)15-33)31-27(39)30-14-16-4-7-20-21(12-16)26(38)34(25(20)37)22-8-9-23(35)32-24(22)36/h4-7,12-13,22H,8-11,14-15H2,1-3H3,(H2,30,31,39)(H,32,35,36). The lowest BCUT2D eigenvalue weighted by Gasteiger charge is -2.31. The van der Waals surface area contributed by atoms with Crippen molar-refractivity contribution in [1.29, 1.82) is 0 Å². The molecule has 0 spiro atoms. The second-order valence-corrected chi connectivity index (χ2v) is 11.3. The minimum absolute atomic E-state index is 0.0420. The van der Waals surface area contributed by atoms with Crippen LogP contribution in [0.4, 0.5) is 15.3 Å². The molecule has 12 nitrogen and oxygen atoms in total. The number of hydrogen-bond acceptors (Lipinski definition) is 7. The fourth-order valence-corrected chi connectivity index (χ4v) is 5.10. The molecule has 1 unspecified atom stereocenters. The minimum atomic E-state index is -1.04. The molecule has 0 aromatic heterocycles. The van der Waals surface area contributed by atoms with Crippen LogP contribution in [0.1, 0.15) is 71.0 Å². The van der Waals surface area contributed by atoms with Crippen molar-refractivity contribution < 1.29 is 33.5 Å². The first kappa shape index (κ1) is 27.8. The maximum absolute atomic E-state index is 13.0. The van der Waals surface area contributed by atoms with Gasteiger partial charge in [-0.25, -0.2) is 9.59 Å². The smallest absolute Gasteiger partial charge is 0.410 e. The number of nitrogens with zero attached hydrogens (tertiary/aromatic N) is 2. The molecule has 3 N–H and O–H groups in total. The summed E-state index contributed by atoms with van der Waals surface area (Å²) in [6, 6.07) is 8.68. The molecule has 1 saturated heterocycles. The second-order valence-electron chi connectivity index (χ2n) is 11.3.